The maximum absolute atomic E-state index is 11.8. The largest absolute Gasteiger partial charge is 0.341 e. The highest BCUT2D eigenvalue weighted by Crippen LogP contribution is 2.20. The number of hydrogen-bond donors (Lipinski definition) is 1. The maximum Gasteiger partial charge on any atom is 0.236 e. The number of hydrogen-bond acceptors (Lipinski definition) is 3. The number of nitrogens with one attached hydrogen (secondary N) is 1. The molecule has 1 rings (SSSR count). The van der Waals surface area contributed by atoms with E-state index in [0.29, 0.717) is 18.5 Å². The Balaban J connectivity index is 2.51. The molecule has 0 bridgehead atoms. The minimum atomic E-state index is 0.198. The lowest BCUT2D eigenvalue weighted by atomic mass is 9.92. The fourth-order valence-electron chi connectivity index (χ4n) is 2.54. The monoisotopic (exact) mass is 227 g/mol. The van der Waals surface area contributed by atoms with Crippen molar-refractivity contribution in [3.05, 3.63) is 0 Å². The first-order valence-electron chi connectivity index (χ1n) is 6.22. The minimum Gasteiger partial charge on any atom is -0.341 e. The van der Waals surface area contributed by atoms with E-state index < -0.39 is 0 Å². The van der Waals surface area contributed by atoms with Gasteiger partial charge in [-0.3, -0.25) is 4.79 Å². The normalized spacial score (nSPS) is 26.8. The number of amides is 1. The lowest BCUT2D eigenvalue weighted by molar-refractivity contribution is -0.133. The number of nitrogens with zero attached hydrogens (tertiary/aromatic N) is 2. The molecule has 0 aliphatic carbocycles. The molecule has 0 aromatic heterocycles. The van der Waals surface area contributed by atoms with Gasteiger partial charge in [0.1, 0.15) is 0 Å². The second-order valence-corrected chi connectivity index (χ2v) is 4.76. The van der Waals surface area contributed by atoms with Gasteiger partial charge in [-0.15, -0.1) is 0 Å². The molecule has 0 saturated carbocycles. The highest BCUT2D eigenvalue weighted by atomic mass is 16.2. The van der Waals surface area contributed by atoms with Gasteiger partial charge in [-0.05, 0) is 25.9 Å². The minimum absolute atomic E-state index is 0.198. The summed E-state index contributed by atoms with van der Waals surface area (Å²) in [5.74, 6) is 0.767. The highest BCUT2D eigenvalue weighted by Gasteiger charge is 2.30. The smallest absolute Gasteiger partial charge is 0.236 e. The van der Waals surface area contributed by atoms with Crippen molar-refractivity contribution in [3.63, 3.8) is 0 Å². The summed E-state index contributed by atoms with van der Waals surface area (Å²) in [4.78, 5) is 16.2. The molecule has 1 amide bonds. The lowest BCUT2D eigenvalue weighted by Gasteiger charge is -2.41. The van der Waals surface area contributed by atoms with E-state index >= 15 is 0 Å². The zero-order valence-corrected chi connectivity index (χ0v) is 11.0. The molecule has 4 heteroatoms. The zero-order chi connectivity index (χ0) is 12.1. The van der Waals surface area contributed by atoms with Crippen LogP contribution in [0.1, 0.15) is 20.3 Å². The van der Waals surface area contributed by atoms with Gasteiger partial charge in [0.2, 0.25) is 5.91 Å². The van der Waals surface area contributed by atoms with Gasteiger partial charge in [0, 0.05) is 26.2 Å². The van der Waals surface area contributed by atoms with Crippen LogP contribution in [0.3, 0.4) is 0 Å². The Kier molecular flexibility index (Phi) is 5.22. The van der Waals surface area contributed by atoms with Gasteiger partial charge in [-0.25, -0.2) is 0 Å². The van der Waals surface area contributed by atoms with E-state index in [9.17, 15) is 4.79 Å². The van der Waals surface area contributed by atoms with Gasteiger partial charge in [0.25, 0.3) is 0 Å². The Bertz CT molecular complexity index is 232. The van der Waals surface area contributed by atoms with Crippen molar-refractivity contribution in [2.75, 3.05) is 40.3 Å². The molecule has 0 aromatic carbocycles. The SMILES string of the molecule is CCN1CCC(N(C)C(=O)CNC)C(C)C1. The Morgan fingerprint density at radius 3 is 2.75 bits per heavy atom. The third-order valence-corrected chi connectivity index (χ3v) is 3.61. The number of piperidine rings is 1. The van der Waals surface area contributed by atoms with E-state index in [1.165, 1.54) is 0 Å². The number of carbonyl (C=O) groups excluding carboxylic acids is 1. The molecule has 16 heavy (non-hydrogen) atoms. The second-order valence-electron chi connectivity index (χ2n) is 4.76. The van der Waals surface area contributed by atoms with Gasteiger partial charge in [-0.1, -0.05) is 13.8 Å². The molecule has 1 aliphatic heterocycles. The molecule has 2 unspecified atom stereocenters. The van der Waals surface area contributed by atoms with E-state index in [4.69, 9.17) is 0 Å². The third-order valence-electron chi connectivity index (χ3n) is 3.61. The van der Waals surface area contributed by atoms with Crippen LogP contribution in [0, 0.1) is 5.92 Å². The zero-order valence-electron chi connectivity index (χ0n) is 11.0. The molecule has 4 nitrogen and oxygen atoms in total. The topological polar surface area (TPSA) is 35.6 Å². The lowest BCUT2D eigenvalue weighted by Crippen LogP contribution is -2.51. The molecule has 0 aromatic rings. The van der Waals surface area contributed by atoms with E-state index in [1.807, 2.05) is 19.0 Å². The van der Waals surface area contributed by atoms with Gasteiger partial charge in [0.15, 0.2) is 0 Å². The van der Waals surface area contributed by atoms with Gasteiger partial charge < -0.3 is 15.1 Å². The number of likely N-dealkylation sites (tertiary alicyclic amines) is 1. The van der Waals surface area contributed by atoms with Crippen LogP contribution in [0.4, 0.5) is 0 Å². The second kappa shape index (κ2) is 6.21. The Hall–Kier alpha value is -0.610. The van der Waals surface area contributed by atoms with Gasteiger partial charge in [0.05, 0.1) is 6.54 Å². The van der Waals surface area contributed by atoms with Gasteiger partial charge >= 0.3 is 0 Å². The van der Waals surface area contributed by atoms with Crippen LogP contribution >= 0.6 is 0 Å². The molecule has 1 aliphatic rings. The number of likely N-dealkylation sites (N-methyl/N-ethyl adjacent to an activating group) is 2. The van der Waals surface area contributed by atoms with Crippen LogP contribution < -0.4 is 5.32 Å². The first-order chi connectivity index (χ1) is 7.60. The molecule has 0 radical (unpaired) electrons. The van der Waals surface area contributed by atoms with Crippen molar-refractivity contribution in [1.82, 2.24) is 15.1 Å². The predicted octanol–water partition coefficient (Wildman–Crippen LogP) is 0.395. The van der Waals surface area contributed by atoms with Crippen molar-refractivity contribution >= 4 is 5.91 Å². The first-order valence-corrected chi connectivity index (χ1v) is 6.22. The van der Waals surface area contributed by atoms with Crippen molar-refractivity contribution in [1.29, 1.82) is 0 Å². The molecule has 2 atom stereocenters. The molecule has 94 valence electrons. The quantitative estimate of drug-likeness (QED) is 0.755. The third kappa shape index (κ3) is 3.19. The average Bonchev–Trinajstić information content (AvgIpc) is 2.28. The van der Waals surface area contributed by atoms with Crippen molar-refractivity contribution in [2.24, 2.45) is 5.92 Å². The van der Waals surface area contributed by atoms with Gasteiger partial charge in [-0.2, -0.15) is 0 Å². The predicted molar refractivity (Wildman–Crippen MR) is 66.4 cm³/mol. The van der Waals surface area contributed by atoms with E-state index in [2.05, 4.69) is 24.1 Å². The Morgan fingerprint density at radius 2 is 2.25 bits per heavy atom. The van der Waals surface area contributed by atoms with Crippen molar-refractivity contribution in [2.45, 2.75) is 26.3 Å². The van der Waals surface area contributed by atoms with Crippen LogP contribution in [0.5, 0.6) is 0 Å². The summed E-state index contributed by atoms with van der Waals surface area (Å²) in [6, 6.07) is 0.406. The first kappa shape index (κ1) is 13.5. The molecular weight excluding hydrogens is 202 g/mol. The Morgan fingerprint density at radius 1 is 1.56 bits per heavy atom. The van der Waals surface area contributed by atoms with Crippen LogP contribution in [-0.2, 0) is 4.79 Å². The summed E-state index contributed by atoms with van der Waals surface area (Å²) in [6.07, 6.45) is 1.10. The van der Waals surface area contributed by atoms with Crippen molar-refractivity contribution in [3.8, 4) is 0 Å². The highest BCUT2D eigenvalue weighted by molar-refractivity contribution is 5.78. The van der Waals surface area contributed by atoms with Crippen LogP contribution in [0.25, 0.3) is 0 Å². The summed E-state index contributed by atoms with van der Waals surface area (Å²) in [7, 11) is 3.75. The van der Waals surface area contributed by atoms with E-state index in [0.717, 1.165) is 26.1 Å². The summed E-state index contributed by atoms with van der Waals surface area (Å²) in [5.41, 5.74) is 0. The summed E-state index contributed by atoms with van der Waals surface area (Å²) in [6.45, 7) is 8.22. The number of rotatable bonds is 4. The fraction of sp³-hybridized carbons (Fsp3) is 0.917. The van der Waals surface area contributed by atoms with Crippen LogP contribution in [-0.4, -0.2) is 62.0 Å². The average molecular weight is 227 g/mol. The standard InChI is InChI=1S/C12H25N3O/c1-5-15-7-6-11(10(2)9-15)14(4)12(16)8-13-3/h10-11,13H,5-9H2,1-4H3. The van der Waals surface area contributed by atoms with Crippen LogP contribution in [0.15, 0.2) is 0 Å². The van der Waals surface area contributed by atoms with E-state index in [1.54, 1.807) is 0 Å². The molecule has 1 saturated heterocycles. The van der Waals surface area contributed by atoms with Crippen LogP contribution in [0.2, 0.25) is 0 Å². The number of carbonyl (C=O) groups is 1. The van der Waals surface area contributed by atoms with E-state index in [-0.39, 0.29) is 5.91 Å². The molecule has 0 spiro atoms. The summed E-state index contributed by atoms with van der Waals surface area (Å²) in [5, 5.41) is 2.92. The molecule has 1 heterocycles. The Labute approximate surface area is 99.0 Å². The fourth-order valence-corrected chi connectivity index (χ4v) is 2.54. The molecule has 1 fully saturated rings. The summed E-state index contributed by atoms with van der Waals surface area (Å²) >= 11 is 0. The molecule has 1 N–H and O–H groups in total. The maximum atomic E-state index is 11.8. The van der Waals surface area contributed by atoms with Crippen molar-refractivity contribution < 1.29 is 4.79 Å². The molecular formula is C12H25N3O. The summed E-state index contributed by atoms with van der Waals surface area (Å²) < 4.78 is 0.